The van der Waals surface area contributed by atoms with Crippen molar-refractivity contribution in [2.24, 2.45) is 0 Å². The fourth-order valence-corrected chi connectivity index (χ4v) is 2.10. The normalized spacial score (nSPS) is 20.2. The number of hydrogen-bond acceptors (Lipinski definition) is 2. The van der Waals surface area contributed by atoms with Crippen LogP contribution in [0.5, 0.6) is 0 Å². The first-order valence-electron chi connectivity index (χ1n) is 6.10. The second-order valence-corrected chi connectivity index (χ2v) is 4.57. The van der Waals surface area contributed by atoms with Crippen molar-refractivity contribution < 1.29 is 13.2 Å². The third kappa shape index (κ3) is 4.68. The van der Waals surface area contributed by atoms with E-state index in [0.29, 0.717) is 19.1 Å². The quantitative estimate of drug-likeness (QED) is 0.596. The highest BCUT2D eigenvalue weighted by atomic mass is 19.4. The molecule has 0 aromatic rings. The van der Waals surface area contributed by atoms with E-state index in [4.69, 9.17) is 0 Å². The molecule has 1 aliphatic heterocycles. The summed E-state index contributed by atoms with van der Waals surface area (Å²) in [5.74, 6) is 0. The summed E-state index contributed by atoms with van der Waals surface area (Å²) in [7, 11) is 1.91. The summed E-state index contributed by atoms with van der Waals surface area (Å²) in [6, 6.07) is 0.356. The number of nitrogens with one attached hydrogen (secondary N) is 1. The van der Waals surface area contributed by atoms with Crippen LogP contribution in [0.25, 0.3) is 0 Å². The van der Waals surface area contributed by atoms with Gasteiger partial charge in [0, 0.05) is 24.7 Å². The highest BCUT2D eigenvalue weighted by Gasteiger charge is 2.35. The Balaban J connectivity index is 2.38. The van der Waals surface area contributed by atoms with Crippen molar-refractivity contribution in [1.29, 1.82) is 0 Å². The summed E-state index contributed by atoms with van der Waals surface area (Å²) in [5.41, 5.74) is -0.365. The van der Waals surface area contributed by atoms with Crippen LogP contribution in [-0.4, -0.2) is 43.8 Å². The van der Waals surface area contributed by atoms with E-state index >= 15 is 0 Å². The van der Waals surface area contributed by atoms with Crippen LogP contribution in [0.4, 0.5) is 13.2 Å². The zero-order valence-corrected chi connectivity index (χ0v) is 10.5. The topological polar surface area (TPSA) is 15.3 Å². The SMILES string of the molecule is CNCCCC(C)N1CC=C(C(F)(F)F)CC1. The zero-order valence-electron chi connectivity index (χ0n) is 10.5. The van der Waals surface area contributed by atoms with E-state index in [1.165, 1.54) is 6.08 Å². The highest BCUT2D eigenvalue weighted by molar-refractivity contribution is 5.13. The third-order valence-corrected chi connectivity index (χ3v) is 3.28. The van der Waals surface area contributed by atoms with Crippen LogP contribution in [0.15, 0.2) is 11.6 Å². The predicted molar refractivity (Wildman–Crippen MR) is 63.0 cm³/mol. The van der Waals surface area contributed by atoms with Gasteiger partial charge in [0.05, 0.1) is 0 Å². The predicted octanol–water partition coefficient (Wildman–Crippen LogP) is 2.57. The van der Waals surface area contributed by atoms with Crippen LogP contribution in [0.1, 0.15) is 26.2 Å². The molecule has 0 aromatic heterocycles. The Hall–Kier alpha value is -0.550. The molecule has 100 valence electrons. The first kappa shape index (κ1) is 14.5. The minimum absolute atomic E-state index is 0.125. The van der Waals surface area contributed by atoms with Crippen LogP contribution in [0.2, 0.25) is 0 Å². The minimum Gasteiger partial charge on any atom is -0.320 e. The van der Waals surface area contributed by atoms with E-state index in [2.05, 4.69) is 17.1 Å². The second kappa shape index (κ2) is 6.40. The van der Waals surface area contributed by atoms with Gasteiger partial charge in [0.25, 0.3) is 0 Å². The van der Waals surface area contributed by atoms with Gasteiger partial charge < -0.3 is 5.32 Å². The molecule has 1 atom stereocenters. The van der Waals surface area contributed by atoms with Crippen LogP contribution < -0.4 is 5.32 Å². The molecule has 17 heavy (non-hydrogen) atoms. The van der Waals surface area contributed by atoms with Crippen molar-refractivity contribution in [2.75, 3.05) is 26.7 Å². The molecule has 0 radical (unpaired) electrons. The molecule has 0 amide bonds. The number of hydrogen-bond donors (Lipinski definition) is 1. The van der Waals surface area contributed by atoms with Crippen LogP contribution in [-0.2, 0) is 0 Å². The molecule has 0 aromatic carbocycles. The summed E-state index contributed by atoms with van der Waals surface area (Å²) < 4.78 is 37.3. The zero-order chi connectivity index (χ0) is 12.9. The molecule has 1 rings (SSSR count). The number of nitrogens with zero attached hydrogens (tertiary/aromatic N) is 1. The summed E-state index contributed by atoms with van der Waals surface area (Å²) in [6.07, 6.45) is -0.598. The Bertz CT molecular complexity index is 261. The van der Waals surface area contributed by atoms with Crippen LogP contribution in [0, 0.1) is 0 Å². The van der Waals surface area contributed by atoms with E-state index in [0.717, 1.165) is 19.4 Å². The lowest BCUT2D eigenvalue weighted by Gasteiger charge is -2.32. The van der Waals surface area contributed by atoms with E-state index in [9.17, 15) is 13.2 Å². The van der Waals surface area contributed by atoms with Gasteiger partial charge in [-0.15, -0.1) is 0 Å². The second-order valence-electron chi connectivity index (χ2n) is 4.57. The van der Waals surface area contributed by atoms with Gasteiger partial charge >= 0.3 is 6.18 Å². The smallest absolute Gasteiger partial charge is 0.320 e. The maximum Gasteiger partial charge on any atom is 0.412 e. The molecule has 0 saturated heterocycles. The van der Waals surface area contributed by atoms with Gasteiger partial charge in [-0.3, -0.25) is 4.90 Å². The third-order valence-electron chi connectivity index (χ3n) is 3.28. The minimum atomic E-state index is -4.14. The van der Waals surface area contributed by atoms with Gasteiger partial charge in [0.1, 0.15) is 0 Å². The molecule has 0 spiro atoms. The number of halogens is 3. The maximum absolute atomic E-state index is 12.4. The average Bonchev–Trinajstić information content (AvgIpc) is 2.28. The Kier molecular flexibility index (Phi) is 5.46. The number of rotatable bonds is 5. The number of alkyl halides is 3. The maximum atomic E-state index is 12.4. The summed E-state index contributed by atoms with van der Waals surface area (Å²) in [6.45, 7) is 3.99. The van der Waals surface area contributed by atoms with Crippen LogP contribution >= 0.6 is 0 Å². The molecule has 0 bridgehead atoms. The van der Waals surface area contributed by atoms with Gasteiger partial charge in [-0.05, 0) is 39.8 Å². The Morgan fingerprint density at radius 1 is 1.47 bits per heavy atom. The largest absolute Gasteiger partial charge is 0.412 e. The van der Waals surface area contributed by atoms with Gasteiger partial charge in [-0.1, -0.05) is 6.08 Å². The Morgan fingerprint density at radius 2 is 2.18 bits per heavy atom. The van der Waals surface area contributed by atoms with Gasteiger partial charge in [-0.25, -0.2) is 0 Å². The Labute approximate surface area is 101 Å². The van der Waals surface area contributed by atoms with Gasteiger partial charge in [-0.2, -0.15) is 13.2 Å². The molecule has 1 aliphatic rings. The first-order valence-corrected chi connectivity index (χ1v) is 6.10. The monoisotopic (exact) mass is 250 g/mol. The van der Waals surface area contributed by atoms with E-state index in [-0.39, 0.29) is 12.0 Å². The van der Waals surface area contributed by atoms with Crippen molar-refractivity contribution >= 4 is 0 Å². The molecule has 0 aliphatic carbocycles. The molecular formula is C12H21F3N2. The van der Waals surface area contributed by atoms with E-state index in [1.807, 2.05) is 7.05 Å². The van der Waals surface area contributed by atoms with E-state index < -0.39 is 6.18 Å². The lowest BCUT2D eigenvalue weighted by atomic mass is 10.0. The lowest BCUT2D eigenvalue weighted by Crippen LogP contribution is -2.38. The van der Waals surface area contributed by atoms with Crippen molar-refractivity contribution in [3.63, 3.8) is 0 Å². The van der Waals surface area contributed by atoms with Crippen molar-refractivity contribution in [2.45, 2.75) is 38.4 Å². The molecule has 1 N–H and O–H groups in total. The van der Waals surface area contributed by atoms with Crippen molar-refractivity contribution in [3.05, 3.63) is 11.6 Å². The molecule has 0 saturated carbocycles. The fourth-order valence-electron chi connectivity index (χ4n) is 2.10. The molecule has 1 heterocycles. The first-order chi connectivity index (χ1) is 7.95. The van der Waals surface area contributed by atoms with Crippen molar-refractivity contribution in [1.82, 2.24) is 10.2 Å². The van der Waals surface area contributed by atoms with Gasteiger partial charge in [0.15, 0.2) is 0 Å². The van der Waals surface area contributed by atoms with Gasteiger partial charge in [0.2, 0.25) is 0 Å². The molecular weight excluding hydrogens is 229 g/mol. The molecule has 5 heteroatoms. The van der Waals surface area contributed by atoms with Crippen LogP contribution in [0.3, 0.4) is 0 Å². The fraction of sp³-hybridized carbons (Fsp3) is 0.833. The van der Waals surface area contributed by atoms with E-state index in [1.54, 1.807) is 0 Å². The standard InChI is InChI=1S/C12H21F3N2/c1-10(4-3-7-16-2)17-8-5-11(6-9-17)12(13,14)15/h5,10,16H,3-4,6-9H2,1-2H3. The average molecular weight is 250 g/mol. The summed E-state index contributed by atoms with van der Waals surface area (Å²) >= 11 is 0. The Morgan fingerprint density at radius 3 is 2.65 bits per heavy atom. The molecule has 2 nitrogen and oxygen atoms in total. The summed E-state index contributed by atoms with van der Waals surface area (Å²) in [5, 5.41) is 3.07. The summed E-state index contributed by atoms with van der Waals surface area (Å²) in [4.78, 5) is 2.12. The highest BCUT2D eigenvalue weighted by Crippen LogP contribution is 2.30. The lowest BCUT2D eigenvalue weighted by molar-refractivity contribution is -0.0963. The molecule has 1 unspecified atom stereocenters. The molecule has 0 fully saturated rings. The van der Waals surface area contributed by atoms with Crippen molar-refractivity contribution in [3.8, 4) is 0 Å².